The molecule has 0 aliphatic heterocycles. The first-order valence-electron chi connectivity index (χ1n) is 8.39. The van der Waals surface area contributed by atoms with Crippen molar-refractivity contribution in [2.24, 2.45) is 0 Å². The maximum Gasteiger partial charge on any atom is 0.435 e. The summed E-state index contributed by atoms with van der Waals surface area (Å²) in [5, 5.41) is 3.72. The van der Waals surface area contributed by atoms with Crippen molar-refractivity contribution in [1.82, 2.24) is 9.78 Å². The van der Waals surface area contributed by atoms with Crippen LogP contribution in [0.2, 0.25) is 0 Å². The van der Waals surface area contributed by atoms with Gasteiger partial charge in [-0.25, -0.2) is 13.1 Å². The lowest BCUT2D eigenvalue weighted by Crippen LogP contribution is -2.07. The van der Waals surface area contributed by atoms with Gasteiger partial charge in [-0.05, 0) is 36.6 Å². The van der Waals surface area contributed by atoms with Crippen molar-refractivity contribution in [3.63, 3.8) is 0 Å². The van der Waals surface area contributed by atoms with Gasteiger partial charge in [0.05, 0.1) is 21.5 Å². The van der Waals surface area contributed by atoms with Crippen molar-refractivity contribution in [2.75, 3.05) is 5.75 Å². The summed E-state index contributed by atoms with van der Waals surface area (Å²) >= 11 is 0. The highest BCUT2D eigenvalue weighted by atomic mass is 32.2. The molecule has 0 aliphatic carbocycles. The number of aryl methyl sites for hydroxylation is 1. The van der Waals surface area contributed by atoms with E-state index in [1.54, 1.807) is 54.6 Å². The first-order chi connectivity index (χ1) is 13.1. The molecule has 5 nitrogen and oxygen atoms in total. The first kappa shape index (κ1) is 20.1. The lowest BCUT2D eigenvalue weighted by molar-refractivity contribution is -0.141. The molecule has 1 aromatic heterocycles. The zero-order valence-electron chi connectivity index (χ0n) is 14.6. The summed E-state index contributed by atoms with van der Waals surface area (Å²) in [6, 6.07) is 16.2. The Balaban J connectivity index is 1.91. The van der Waals surface area contributed by atoms with Crippen LogP contribution in [0.15, 0.2) is 60.7 Å². The fourth-order valence-electron chi connectivity index (χ4n) is 2.79. The second-order valence-corrected chi connectivity index (χ2v) is 7.75. The van der Waals surface area contributed by atoms with Crippen molar-refractivity contribution >= 4 is 10.1 Å². The third kappa shape index (κ3) is 4.99. The van der Waals surface area contributed by atoms with Crippen molar-refractivity contribution in [3.8, 4) is 16.9 Å². The minimum atomic E-state index is -4.57. The van der Waals surface area contributed by atoms with E-state index in [1.807, 2.05) is 0 Å². The van der Waals surface area contributed by atoms with Crippen molar-refractivity contribution < 1.29 is 26.1 Å². The summed E-state index contributed by atoms with van der Waals surface area (Å²) in [5.74, 6) is -0.457. The molecule has 0 atom stereocenters. The first-order valence-corrected chi connectivity index (χ1v) is 9.97. The summed E-state index contributed by atoms with van der Waals surface area (Å²) in [6.45, 7) is 0. The van der Waals surface area contributed by atoms with Gasteiger partial charge < -0.3 is 4.55 Å². The second kappa shape index (κ2) is 7.76. The van der Waals surface area contributed by atoms with E-state index in [2.05, 4.69) is 5.10 Å². The predicted octanol–water partition coefficient (Wildman–Crippen LogP) is 4.04. The Hall–Kier alpha value is -2.65. The van der Waals surface area contributed by atoms with Crippen LogP contribution in [0, 0.1) is 0 Å². The minimum absolute atomic E-state index is 0.181. The molecule has 0 saturated carbocycles. The SMILES string of the molecule is O=S(=O)([O-])CCCc1ccc(-n2nc(C(F)(F)F)cc2-c2ccccc2)cc1. The highest BCUT2D eigenvalue weighted by Crippen LogP contribution is 2.33. The zero-order chi connectivity index (χ0) is 20.4. The normalized spacial score (nSPS) is 12.3. The molecule has 0 saturated heterocycles. The third-order valence-corrected chi connectivity index (χ3v) is 4.90. The van der Waals surface area contributed by atoms with Gasteiger partial charge >= 0.3 is 6.18 Å². The largest absolute Gasteiger partial charge is 0.748 e. The fraction of sp³-hybridized carbons (Fsp3) is 0.211. The molecule has 28 heavy (non-hydrogen) atoms. The summed E-state index contributed by atoms with van der Waals surface area (Å²) in [4.78, 5) is 0. The second-order valence-electron chi connectivity index (χ2n) is 6.22. The van der Waals surface area contributed by atoms with E-state index in [4.69, 9.17) is 0 Å². The average Bonchev–Trinajstić information content (AvgIpc) is 3.08. The number of benzene rings is 2. The van der Waals surface area contributed by atoms with Crippen LogP contribution < -0.4 is 0 Å². The van der Waals surface area contributed by atoms with Crippen LogP contribution >= 0.6 is 0 Å². The van der Waals surface area contributed by atoms with Gasteiger partial charge in [0.15, 0.2) is 5.69 Å². The van der Waals surface area contributed by atoms with Gasteiger partial charge in [-0.15, -0.1) is 0 Å². The maximum absolute atomic E-state index is 13.2. The standard InChI is InChI=1S/C19H17F3N2O3S/c20-19(21,22)18-13-17(15-6-2-1-3-7-15)24(23-18)16-10-8-14(9-11-16)5-4-12-28(25,26)27/h1-3,6-11,13H,4-5,12H2,(H,25,26,27)/p-1. The molecule has 0 unspecified atom stereocenters. The van der Waals surface area contributed by atoms with Crippen molar-refractivity contribution in [1.29, 1.82) is 0 Å². The van der Waals surface area contributed by atoms with E-state index in [0.717, 1.165) is 11.6 Å². The number of hydrogen-bond donors (Lipinski definition) is 0. The van der Waals surface area contributed by atoms with Gasteiger partial charge in [-0.1, -0.05) is 42.5 Å². The molecular formula is C19H16F3N2O3S-. The molecule has 0 amide bonds. The van der Waals surface area contributed by atoms with Crippen LogP contribution in [0.25, 0.3) is 16.9 Å². The van der Waals surface area contributed by atoms with Crippen LogP contribution in [-0.4, -0.2) is 28.5 Å². The molecule has 0 N–H and O–H groups in total. The third-order valence-electron chi connectivity index (χ3n) is 4.11. The molecule has 3 rings (SSSR count). The van der Waals surface area contributed by atoms with Crippen LogP contribution in [-0.2, 0) is 22.7 Å². The number of aromatic nitrogens is 2. The van der Waals surface area contributed by atoms with Gasteiger partial charge in [0.2, 0.25) is 0 Å². The Morgan fingerprint density at radius 1 is 1.00 bits per heavy atom. The Morgan fingerprint density at radius 2 is 1.64 bits per heavy atom. The number of hydrogen-bond acceptors (Lipinski definition) is 4. The smallest absolute Gasteiger partial charge is 0.435 e. The predicted molar refractivity (Wildman–Crippen MR) is 96.9 cm³/mol. The average molecular weight is 409 g/mol. The van der Waals surface area contributed by atoms with Crippen LogP contribution in [0.4, 0.5) is 13.2 Å². The molecule has 3 aromatic rings. The summed E-state index contributed by atoms with van der Waals surface area (Å²) in [5.41, 5.74) is 1.12. The molecular weight excluding hydrogens is 393 g/mol. The van der Waals surface area contributed by atoms with Gasteiger partial charge in [0.1, 0.15) is 0 Å². The van der Waals surface area contributed by atoms with Gasteiger partial charge in [-0.2, -0.15) is 18.3 Å². The fourth-order valence-corrected chi connectivity index (χ4v) is 3.29. The van der Waals surface area contributed by atoms with Crippen LogP contribution in [0.5, 0.6) is 0 Å². The van der Waals surface area contributed by atoms with Gasteiger partial charge in [0.25, 0.3) is 0 Å². The van der Waals surface area contributed by atoms with E-state index >= 15 is 0 Å². The summed E-state index contributed by atoms with van der Waals surface area (Å²) < 4.78 is 72.7. The van der Waals surface area contributed by atoms with E-state index in [0.29, 0.717) is 23.4 Å². The highest BCUT2D eigenvalue weighted by Gasteiger charge is 2.35. The Labute approximate surface area is 160 Å². The molecule has 1 heterocycles. The molecule has 0 aliphatic rings. The topological polar surface area (TPSA) is 75.0 Å². The quantitative estimate of drug-likeness (QED) is 0.576. The van der Waals surface area contributed by atoms with Gasteiger partial charge in [-0.3, -0.25) is 0 Å². The zero-order valence-corrected chi connectivity index (χ0v) is 15.4. The molecule has 0 fully saturated rings. The summed E-state index contributed by atoms with van der Waals surface area (Å²) in [6.07, 6.45) is -4.01. The van der Waals surface area contributed by atoms with Crippen molar-refractivity contribution in [3.05, 3.63) is 71.9 Å². The van der Waals surface area contributed by atoms with Gasteiger partial charge in [0, 0.05) is 11.3 Å². The Bertz CT molecular complexity index is 1040. The highest BCUT2D eigenvalue weighted by molar-refractivity contribution is 7.85. The molecule has 0 spiro atoms. The van der Waals surface area contributed by atoms with E-state index in [9.17, 15) is 26.1 Å². The molecule has 0 bridgehead atoms. The Kier molecular flexibility index (Phi) is 5.57. The van der Waals surface area contributed by atoms with E-state index < -0.39 is 27.7 Å². The number of nitrogens with zero attached hydrogens (tertiary/aromatic N) is 2. The number of alkyl halides is 3. The van der Waals surface area contributed by atoms with E-state index in [-0.39, 0.29) is 6.42 Å². The lowest BCUT2D eigenvalue weighted by atomic mass is 10.1. The molecule has 148 valence electrons. The number of halogens is 3. The minimum Gasteiger partial charge on any atom is -0.748 e. The van der Waals surface area contributed by atoms with Crippen LogP contribution in [0.3, 0.4) is 0 Å². The lowest BCUT2D eigenvalue weighted by Gasteiger charge is -2.09. The summed E-state index contributed by atoms with van der Waals surface area (Å²) in [7, 11) is -4.26. The molecule has 0 radical (unpaired) electrons. The molecule has 2 aromatic carbocycles. The maximum atomic E-state index is 13.2. The molecule has 9 heteroatoms. The number of rotatable bonds is 6. The Morgan fingerprint density at radius 3 is 2.21 bits per heavy atom. The monoisotopic (exact) mass is 409 g/mol. The van der Waals surface area contributed by atoms with Crippen LogP contribution in [0.1, 0.15) is 17.7 Å². The van der Waals surface area contributed by atoms with Crippen molar-refractivity contribution in [2.45, 2.75) is 19.0 Å². The van der Waals surface area contributed by atoms with E-state index in [1.165, 1.54) is 4.68 Å².